The lowest BCUT2D eigenvalue weighted by atomic mass is 10.1. The molecule has 0 bridgehead atoms. The highest BCUT2D eigenvalue weighted by Crippen LogP contribution is 2.07. The average molecular weight is 300 g/mol. The fourth-order valence-electron chi connectivity index (χ4n) is 2.02. The van der Waals surface area contributed by atoms with Crippen LogP contribution in [0.3, 0.4) is 0 Å². The van der Waals surface area contributed by atoms with Gasteiger partial charge in [0.2, 0.25) is 0 Å². The molecular weight excluding hydrogens is 270 g/mol. The van der Waals surface area contributed by atoms with E-state index in [1.54, 1.807) is 0 Å². The predicted molar refractivity (Wildman–Crippen MR) is 82.9 cm³/mol. The Morgan fingerprint density at radius 3 is 2.38 bits per heavy atom. The summed E-state index contributed by atoms with van der Waals surface area (Å²) in [4.78, 5) is 22.5. The first-order chi connectivity index (χ1) is 9.74. The smallest absolute Gasteiger partial charge is 0.330 e. The van der Waals surface area contributed by atoms with Crippen molar-refractivity contribution < 1.29 is 23.9 Å². The molecule has 0 saturated carbocycles. The number of carbonyl (C=O) groups is 2. The molecule has 0 fully saturated rings. The van der Waals surface area contributed by atoms with Gasteiger partial charge in [-0.05, 0) is 12.8 Å². The SMILES string of the molecule is CCCCCC/C=C/C(=O)OC(CC(=O)O)C[N+](C)(C)C. The van der Waals surface area contributed by atoms with Crippen molar-refractivity contribution in [3.8, 4) is 0 Å². The van der Waals surface area contributed by atoms with Gasteiger partial charge in [0, 0.05) is 6.08 Å². The average Bonchev–Trinajstić information content (AvgIpc) is 2.30. The molecule has 1 N–H and O–H groups in total. The number of ether oxygens (including phenoxy) is 1. The molecule has 0 aliphatic carbocycles. The molecule has 0 aromatic heterocycles. The van der Waals surface area contributed by atoms with E-state index in [0.29, 0.717) is 11.0 Å². The van der Waals surface area contributed by atoms with Gasteiger partial charge >= 0.3 is 11.9 Å². The van der Waals surface area contributed by atoms with E-state index in [1.165, 1.54) is 25.3 Å². The van der Waals surface area contributed by atoms with Crippen LogP contribution < -0.4 is 0 Å². The Hall–Kier alpha value is -1.36. The van der Waals surface area contributed by atoms with Crippen molar-refractivity contribution in [2.75, 3.05) is 27.7 Å². The Kier molecular flexibility index (Phi) is 9.71. The first-order valence-electron chi connectivity index (χ1n) is 7.64. The summed E-state index contributed by atoms with van der Waals surface area (Å²) in [6.07, 6.45) is 7.95. The van der Waals surface area contributed by atoms with Gasteiger partial charge < -0.3 is 14.3 Å². The zero-order chi connectivity index (χ0) is 16.3. The van der Waals surface area contributed by atoms with Crippen LogP contribution in [0.4, 0.5) is 0 Å². The number of carboxylic acids is 1. The third-order valence-electron chi connectivity index (χ3n) is 2.91. The molecule has 0 aliphatic rings. The topological polar surface area (TPSA) is 63.6 Å². The molecule has 122 valence electrons. The van der Waals surface area contributed by atoms with Crippen LogP contribution in [0, 0.1) is 0 Å². The summed E-state index contributed by atoms with van der Waals surface area (Å²) in [5, 5.41) is 8.87. The first-order valence-corrected chi connectivity index (χ1v) is 7.64. The Balaban J connectivity index is 4.20. The number of nitrogens with zero attached hydrogens (tertiary/aromatic N) is 1. The molecule has 0 aliphatic heterocycles. The third-order valence-corrected chi connectivity index (χ3v) is 2.91. The molecule has 5 heteroatoms. The van der Waals surface area contributed by atoms with E-state index in [1.807, 2.05) is 27.2 Å². The van der Waals surface area contributed by atoms with E-state index >= 15 is 0 Å². The summed E-state index contributed by atoms with van der Waals surface area (Å²) >= 11 is 0. The highest BCUT2D eigenvalue weighted by atomic mass is 16.5. The van der Waals surface area contributed by atoms with Gasteiger partial charge in [0.1, 0.15) is 6.54 Å². The minimum atomic E-state index is -0.954. The van der Waals surface area contributed by atoms with Crippen molar-refractivity contribution in [2.24, 2.45) is 0 Å². The van der Waals surface area contributed by atoms with Gasteiger partial charge in [-0.2, -0.15) is 0 Å². The van der Waals surface area contributed by atoms with Crippen molar-refractivity contribution in [3.05, 3.63) is 12.2 Å². The minimum Gasteiger partial charge on any atom is -0.481 e. The van der Waals surface area contributed by atoms with E-state index in [9.17, 15) is 9.59 Å². The molecule has 21 heavy (non-hydrogen) atoms. The van der Waals surface area contributed by atoms with Crippen molar-refractivity contribution in [3.63, 3.8) is 0 Å². The summed E-state index contributed by atoms with van der Waals surface area (Å²) in [5.74, 6) is -1.41. The second-order valence-electron chi connectivity index (χ2n) is 6.38. The molecule has 5 nitrogen and oxygen atoms in total. The molecule has 0 aromatic carbocycles. The van der Waals surface area contributed by atoms with Gasteiger partial charge in [-0.1, -0.05) is 32.3 Å². The van der Waals surface area contributed by atoms with Gasteiger partial charge in [-0.3, -0.25) is 4.79 Å². The number of esters is 1. The number of carbonyl (C=O) groups excluding carboxylic acids is 1. The fraction of sp³-hybridized carbons (Fsp3) is 0.750. The fourth-order valence-corrected chi connectivity index (χ4v) is 2.02. The minimum absolute atomic E-state index is 0.161. The van der Waals surface area contributed by atoms with Gasteiger partial charge in [-0.15, -0.1) is 0 Å². The molecular formula is C16H30NO4+. The van der Waals surface area contributed by atoms with Crippen LogP contribution in [0.15, 0.2) is 12.2 Å². The lowest BCUT2D eigenvalue weighted by Crippen LogP contribution is -2.43. The van der Waals surface area contributed by atoms with Gasteiger partial charge in [-0.25, -0.2) is 4.79 Å². The number of unbranched alkanes of at least 4 members (excludes halogenated alkanes) is 4. The number of allylic oxidation sites excluding steroid dienone is 1. The monoisotopic (exact) mass is 300 g/mol. The van der Waals surface area contributed by atoms with Crippen LogP contribution in [0.1, 0.15) is 45.4 Å². The highest BCUT2D eigenvalue weighted by Gasteiger charge is 2.23. The number of carboxylic acid groups (broad SMARTS) is 1. The molecule has 1 atom stereocenters. The number of rotatable bonds is 11. The van der Waals surface area contributed by atoms with Crippen LogP contribution in [-0.4, -0.2) is 55.3 Å². The van der Waals surface area contributed by atoms with Gasteiger partial charge in [0.05, 0.1) is 27.6 Å². The number of aliphatic carboxylic acids is 1. The molecule has 0 amide bonds. The maximum atomic E-state index is 11.7. The van der Waals surface area contributed by atoms with E-state index in [0.717, 1.165) is 12.8 Å². The summed E-state index contributed by atoms with van der Waals surface area (Å²) in [7, 11) is 5.81. The predicted octanol–water partition coefficient (Wildman–Crippen LogP) is 2.61. The summed E-state index contributed by atoms with van der Waals surface area (Å²) in [5.41, 5.74) is 0. The second-order valence-corrected chi connectivity index (χ2v) is 6.38. The summed E-state index contributed by atoms with van der Waals surface area (Å²) in [6, 6.07) is 0. The Labute approximate surface area is 128 Å². The molecule has 0 aromatic rings. The van der Waals surface area contributed by atoms with Crippen LogP contribution in [0.5, 0.6) is 0 Å². The van der Waals surface area contributed by atoms with Crippen molar-refractivity contribution in [1.82, 2.24) is 0 Å². The van der Waals surface area contributed by atoms with Crippen molar-refractivity contribution in [2.45, 2.75) is 51.6 Å². The molecule has 0 saturated heterocycles. The zero-order valence-electron chi connectivity index (χ0n) is 13.8. The highest BCUT2D eigenvalue weighted by molar-refractivity contribution is 5.82. The van der Waals surface area contributed by atoms with E-state index < -0.39 is 18.0 Å². The molecule has 0 radical (unpaired) electrons. The van der Waals surface area contributed by atoms with E-state index in [2.05, 4.69) is 6.92 Å². The largest absolute Gasteiger partial charge is 0.481 e. The van der Waals surface area contributed by atoms with Crippen LogP contribution >= 0.6 is 0 Å². The first kappa shape index (κ1) is 19.6. The van der Waals surface area contributed by atoms with Crippen LogP contribution in [0.25, 0.3) is 0 Å². The van der Waals surface area contributed by atoms with Gasteiger partial charge in [0.15, 0.2) is 6.10 Å². The second kappa shape index (κ2) is 10.4. The maximum Gasteiger partial charge on any atom is 0.330 e. The van der Waals surface area contributed by atoms with E-state index in [-0.39, 0.29) is 6.42 Å². The molecule has 1 unspecified atom stereocenters. The van der Waals surface area contributed by atoms with Crippen LogP contribution in [0.2, 0.25) is 0 Å². The van der Waals surface area contributed by atoms with Crippen molar-refractivity contribution >= 4 is 11.9 Å². The van der Waals surface area contributed by atoms with E-state index in [4.69, 9.17) is 9.84 Å². The number of quaternary nitrogens is 1. The lowest BCUT2D eigenvalue weighted by Gasteiger charge is -2.28. The molecule has 0 rings (SSSR count). The lowest BCUT2D eigenvalue weighted by molar-refractivity contribution is -0.873. The van der Waals surface area contributed by atoms with Crippen LogP contribution in [-0.2, 0) is 14.3 Å². The number of likely N-dealkylation sites (N-methyl/N-ethyl adjacent to an activating group) is 1. The quantitative estimate of drug-likeness (QED) is 0.276. The zero-order valence-corrected chi connectivity index (χ0v) is 13.8. The standard InChI is InChI=1S/C16H29NO4/c1-5-6-7-8-9-10-11-16(20)21-14(12-15(18)19)13-17(2,3)4/h10-11,14H,5-9,12-13H2,1-4H3/p+1/b11-10+. The third kappa shape index (κ3) is 13.4. The summed E-state index contributed by atoms with van der Waals surface area (Å²) < 4.78 is 5.79. The van der Waals surface area contributed by atoms with Gasteiger partial charge in [0.25, 0.3) is 0 Å². The normalized spacial score (nSPS) is 13.3. The molecule has 0 spiro atoms. The maximum absolute atomic E-state index is 11.7. The Morgan fingerprint density at radius 1 is 1.19 bits per heavy atom. The number of hydrogen-bond donors (Lipinski definition) is 1. The Morgan fingerprint density at radius 2 is 1.86 bits per heavy atom. The molecule has 0 heterocycles. The summed E-state index contributed by atoms with van der Waals surface area (Å²) in [6.45, 7) is 2.63. The Bertz CT molecular complexity index is 345. The van der Waals surface area contributed by atoms with Crippen molar-refractivity contribution in [1.29, 1.82) is 0 Å². The number of hydrogen-bond acceptors (Lipinski definition) is 3.